The zero-order chi connectivity index (χ0) is 16.8. The lowest BCUT2D eigenvalue weighted by molar-refractivity contribution is -0.136. The van der Waals surface area contributed by atoms with Crippen molar-refractivity contribution in [3.63, 3.8) is 0 Å². The number of amides is 3. The Morgan fingerprint density at radius 3 is 2.79 bits per heavy atom. The second kappa shape index (κ2) is 5.68. The Morgan fingerprint density at radius 2 is 2.08 bits per heavy atom. The number of nitrogens with zero attached hydrogens (tertiary/aromatic N) is 1. The zero-order valence-electron chi connectivity index (χ0n) is 13.2. The number of hydrogen-bond donors (Lipinski definition) is 3. The Bertz CT molecular complexity index is 733. The number of imide groups is 1. The van der Waals surface area contributed by atoms with Crippen LogP contribution < -0.4 is 16.4 Å². The van der Waals surface area contributed by atoms with Crippen LogP contribution in [0.2, 0.25) is 0 Å². The highest BCUT2D eigenvalue weighted by Crippen LogP contribution is 2.28. The predicted octanol–water partition coefficient (Wildman–Crippen LogP) is -0.363. The largest absolute Gasteiger partial charge is 0.326 e. The smallest absolute Gasteiger partial charge is 0.255 e. The van der Waals surface area contributed by atoms with Gasteiger partial charge in [0.05, 0.1) is 0 Å². The molecule has 1 saturated carbocycles. The van der Waals surface area contributed by atoms with Gasteiger partial charge in [-0.1, -0.05) is 12.1 Å². The molecule has 0 aromatic heterocycles. The molecule has 0 radical (unpaired) electrons. The first-order valence-electron chi connectivity index (χ1n) is 8.28. The van der Waals surface area contributed by atoms with Gasteiger partial charge in [-0.3, -0.25) is 19.7 Å². The molecule has 24 heavy (non-hydrogen) atoms. The summed E-state index contributed by atoms with van der Waals surface area (Å²) in [5, 5.41) is 5.68. The van der Waals surface area contributed by atoms with Gasteiger partial charge in [0, 0.05) is 37.2 Å². The third-order valence-electron chi connectivity index (χ3n) is 5.00. The molecule has 0 bridgehead atoms. The molecule has 1 aromatic carbocycles. The third kappa shape index (κ3) is 2.70. The molecule has 3 amide bonds. The molecule has 1 aliphatic carbocycles. The van der Waals surface area contributed by atoms with Crippen LogP contribution in [0.1, 0.15) is 40.7 Å². The molecule has 4 N–H and O–H groups in total. The predicted molar refractivity (Wildman–Crippen MR) is 85.7 cm³/mol. The molecule has 1 unspecified atom stereocenters. The lowest BCUT2D eigenvalue weighted by Crippen LogP contribution is -2.52. The standard InChI is InChI=1S/C17H20N4O3/c18-12-6-13(12)19-7-9-1-2-10-8-21(17(24)11(10)5-9)14-3-4-15(22)20-16(14)23/h1-2,5,12-14,19H,3-4,6-8,18H2,(H,20,22,23)/t12-,13+,14?/m1/s1. The first-order chi connectivity index (χ1) is 11.5. The Balaban J connectivity index is 1.48. The zero-order valence-corrected chi connectivity index (χ0v) is 13.2. The van der Waals surface area contributed by atoms with Crippen LogP contribution in [-0.4, -0.2) is 40.7 Å². The van der Waals surface area contributed by atoms with Crippen LogP contribution in [0.3, 0.4) is 0 Å². The summed E-state index contributed by atoms with van der Waals surface area (Å²) in [5.74, 6) is -0.784. The number of fused-ring (bicyclic) bond motifs is 1. The molecule has 3 aliphatic rings. The molecule has 1 saturated heterocycles. The quantitative estimate of drug-likeness (QED) is 0.655. The van der Waals surface area contributed by atoms with Crippen molar-refractivity contribution in [3.05, 3.63) is 34.9 Å². The Hall–Kier alpha value is -2.25. The van der Waals surface area contributed by atoms with Gasteiger partial charge in [-0.15, -0.1) is 0 Å². The summed E-state index contributed by atoms with van der Waals surface area (Å²) < 4.78 is 0. The highest BCUT2D eigenvalue weighted by molar-refractivity contribution is 6.05. The van der Waals surface area contributed by atoms with Gasteiger partial charge in [0.25, 0.3) is 5.91 Å². The maximum atomic E-state index is 12.7. The molecule has 0 spiro atoms. The first-order valence-corrected chi connectivity index (χ1v) is 8.28. The monoisotopic (exact) mass is 328 g/mol. The highest BCUT2D eigenvalue weighted by Gasteiger charge is 2.39. The minimum atomic E-state index is -0.561. The second-order valence-electron chi connectivity index (χ2n) is 6.78. The lowest BCUT2D eigenvalue weighted by atomic mass is 10.0. The molecule has 7 heteroatoms. The number of carbonyl (C=O) groups is 3. The van der Waals surface area contributed by atoms with E-state index in [9.17, 15) is 14.4 Å². The lowest BCUT2D eigenvalue weighted by Gasteiger charge is -2.29. The van der Waals surface area contributed by atoms with Crippen LogP contribution in [0.25, 0.3) is 0 Å². The minimum Gasteiger partial charge on any atom is -0.326 e. The van der Waals surface area contributed by atoms with E-state index >= 15 is 0 Å². The van der Waals surface area contributed by atoms with Gasteiger partial charge < -0.3 is 16.0 Å². The Kier molecular flexibility index (Phi) is 3.62. The average Bonchev–Trinajstić information content (AvgIpc) is 3.17. The van der Waals surface area contributed by atoms with Crippen molar-refractivity contribution in [2.24, 2.45) is 5.73 Å². The topological polar surface area (TPSA) is 105 Å². The number of nitrogens with one attached hydrogen (secondary N) is 2. The van der Waals surface area contributed by atoms with E-state index in [4.69, 9.17) is 5.73 Å². The van der Waals surface area contributed by atoms with Gasteiger partial charge in [0.1, 0.15) is 6.04 Å². The summed E-state index contributed by atoms with van der Waals surface area (Å²) in [5.41, 5.74) is 8.39. The molecular weight excluding hydrogens is 308 g/mol. The first kappa shape index (κ1) is 15.3. The molecule has 7 nitrogen and oxygen atoms in total. The fraction of sp³-hybridized carbons (Fsp3) is 0.471. The molecule has 3 atom stereocenters. The van der Waals surface area contributed by atoms with Crippen molar-refractivity contribution in [2.75, 3.05) is 0 Å². The van der Waals surface area contributed by atoms with Crippen LogP contribution in [0, 0.1) is 0 Å². The number of piperidine rings is 1. The summed E-state index contributed by atoms with van der Waals surface area (Å²) in [6, 6.07) is 5.89. The van der Waals surface area contributed by atoms with Gasteiger partial charge in [0.2, 0.25) is 11.8 Å². The highest BCUT2D eigenvalue weighted by atomic mass is 16.2. The fourth-order valence-electron chi connectivity index (χ4n) is 3.41. The molecular formula is C17H20N4O3. The van der Waals surface area contributed by atoms with E-state index in [0.717, 1.165) is 17.5 Å². The molecule has 2 aliphatic heterocycles. The van der Waals surface area contributed by atoms with E-state index in [1.807, 2.05) is 18.2 Å². The van der Waals surface area contributed by atoms with Crippen LogP contribution >= 0.6 is 0 Å². The summed E-state index contributed by atoms with van der Waals surface area (Å²) in [6.07, 6.45) is 1.65. The van der Waals surface area contributed by atoms with Crippen molar-refractivity contribution < 1.29 is 14.4 Å². The van der Waals surface area contributed by atoms with Crippen LogP contribution in [-0.2, 0) is 22.7 Å². The number of rotatable bonds is 4. The van der Waals surface area contributed by atoms with E-state index in [0.29, 0.717) is 31.1 Å². The number of benzene rings is 1. The number of nitrogens with two attached hydrogens (primary N) is 1. The van der Waals surface area contributed by atoms with E-state index in [-0.39, 0.29) is 30.2 Å². The van der Waals surface area contributed by atoms with Gasteiger partial charge in [-0.05, 0) is 30.0 Å². The summed E-state index contributed by atoms with van der Waals surface area (Å²) >= 11 is 0. The van der Waals surface area contributed by atoms with Crippen molar-refractivity contribution in [3.8, 4) is 0 Å². The number of carbonyl (C=O) groups excluding carboxylic acids is 3. The van der Waals surface area contributed by atoms with Crippen molar-refractivity contribution >= 4 is 17.7 Å². The normalized spacial score (nSPS) is 28.8. The maximum absolute atomic E-state index is 12.7. The van der Waals surface area contributed by atoms with Crippen molar-refractivity contribution in [1.29, 1.82) is 0 Å². The van der Waals surface area contributed by atoms with E-state index in [2.05, 4.69) is 10.6 Å². The minimum absolute atomic E-state index is 0.135. The van der Waals surface area contributed by atoms with Gasteiger partial charge >= 0.3 is 0 Å². The van der Waals surface area contributed by atoms with E-state index in [1.54, 1.807) is 4.90 Å². The average molecular weight is 328 g/mol. The van der Waals surface area contributed by atoms with E-state index in [1.165, 1.54) is 0 Å². The molecule has 2 fully saturated rings. The summed E-state index contributed by atoms with van der Waals surface area (Å²) in [4.78, 5) is 37.6. The molecule has 126 valence electrons. The molecule has 4 rings (SSSR count). The number of hydrogen-bond acceptors (Lipinski definition) is 5. The van der Waals surface area contributed by atoms with Gasteiger partial charge in [-0.2, -0.15) is 0 Å². The molecule has 2 heterocycles. The third-order valence-corrected chi connectivity index (χ3v) is 5.00. The fourth-order valence-corrected chi connectivity index (χ4v) is 3.41. The second-order valence-corrected chi connectivity index (χ2v) is 6.78. The van der Waals surface area contributed by atoms with Crippen LogP contribution in [0.5, 0.6) is 0 Å². The summed E-state index contributed by atoms with van der Waals surface area (Å²) in [7, 11) is 0. The Labute approximate surface area is 139 Å². The van der Waals surface area contributed by atoms with Crippen LogP contribution in [0.4, 0.5) is 0 Å². The summed E-state index contributed by atoms with van der Waals surface area (Å²) in [6.45, 7) is 1.10. The SMILES string of the molecule is N[C@@H]1C[C@@H]1NCc1ccc2c(c1)C(=O)N(C1CCC(=O)NC1=O)C2. The van der Waals surface area contributed by atoms with Crippen LogP contribution in [0.15, 0.2) is 18.2 Å². The Morgan fingerprint density at radius 1 is 1.29 bits per heavy atom. The van der Waals surface area contributed by atoms with Crippen molar-refractivity contribution in [1.82, 2.24) is 15.5 Å². The van der Waals surface area contributed by atoms with E-state index < -0.39 is 6.04 Å². The van der Waals surface area contributed by atoms with Gasteiger partial charge in [-0.25, -0.2) is 0 Å². The van der Waals surface area contributed by atoms with Gasteiger partial charge in [0.15, 0.2) is 0 Å². The maximum Gasteiger partial charge on any atom is 0.255 e. The van der Waals surface area contributed by atoms with Crippen molar-refractivity contribution in [2.45, 2.75) is 50.5 Å². The molecule has 1 aromatic rings.